The number of halogens is 1. The number of piperidine rings is 1. The van der Waals surface area contributed by atoms with Gasteiger partial charge in [-0.25, -0.2) is 4.98 Å². The van der Waals surface area contributed by atoms with Crippen LogP contribution in [0.4, 0.5) is 0 Å². The lowest BCUT2D eigenvalue weighted by molar-refractivity contribution is 0.186. The Morgan fingerprint density at radius 1 is 1.28 bits per heavy atom. The molecule has 0 bridgehead atoms. The molecule has 32 heavy (non-hydrogen) atoms. The molecule has 2 aromatic rings. The van der Waals surface area contributed by atoms with Crippen LogP contribution in [0.5, 0.6) is 5.75 Å². The average Bonchev–Trinajstić information content (AvgIpc) is 3.52. The standard InChI is InChI=1S/C24H36N6O.HI/c1-19-9-13-29(17-23(19)30-14-10-26-18-30)24(25-2)27-16-22(28-11-4-5-12-28)20-7-6-8-21(15-20)31-3;/h6-8,10,14-15,18-19,22-23H,4-5,9,11-13,16-17H2,1-3H3,(H,25,27);1H. The van der Waals surface area contributed by atoms with Crippen molar-refractivity contribution >= 4 is 29.9 Å². The first kappa shape index (κ1) is 24.8. The molecule has 4 rings (SSSR count). The van der Waals surface area contributed by atoms with Crippen LogP contribution in [0.25, 0.3) is 0 Å². The van der Waals surface area contributed by atoms with Gasteiger partial charge in [0.05, 0.1) is 25.5 Å². The monoisotopic (exact) mass is 552 g/mol. The van der Waals surface area contributed by atoms with Crippen LogP contribution in [-0.2, 0) is 0 Å². The topological polar surface area (TPSA) is 57.9 Å². The van der Waals surface area contributed by atoms with Crippen LogP contribution in [-0.4, -0.2) is 72.2 Å². The Hall–Kier alpha value is -1.81. The highest BCUT2D eigenvalue weighted by Gasteiger charge is 2.30. The molecule has 0 amide bonds. The summed E-state index contributed by atoms with van der Waals surface area (Å²) in [6.45, 7) is 7.44. The van der Waals surface area contributed by atoms with Crippen molar-refractivity contribution in [2.24, 2.45) is 10.9 Å². The van der Waals surface area contributed by atoms with Gasteiger partial charge in [-0.3, -0.25) is 9.89 Å². The second-order valence-corrected chi connectivity index (χ2v) is 8.75. The van der Waals surface area contributed by atoms with Gasteiger partial charge in [0.2, 0.25) is 0 Å². The van der Waals surface area contributed by atoms with Crippen LogP contribution < -0.4 is 10.1 Å². The van der Waals surface area contributed by atoms with Crippen LogP contribution in [0.1, 0.15) is 43.8 Å². The van der Waals surface area contributed by atoms with E-state index < -0.39 is 0 Å². The number of ether oxygens (including phenoxy) is 1. The molecule has 3 unspecified atom stereocenters. The van der Waals surface area contributed by atoms with E-state index in [1.54, 1.807) is 7.11 Å². The minimum absolute atomic E-state index is 0. The van der Waals surface area contributed by atoms with Crippen molar-refractivity contribution in [2.45, 2.75) is 38.3 Å². The fourth-order valence-corrected chi connectivity index (χ4v) is 4.98. The fourth-order valence-electron chi connectivity index (χ4n) is 4.98. The number of methoxy groups -OCH3 is 1. The van der Waals surface area contributed by atoms with Crippen molar-refractivity contribution in [3.05, 3.63) is 48.5 Å². The summed E-state index contributed by atoms with van der Waals surface area (Å²) >= 11 is 0. The maximum absolute atomic E-state index is 5.49. The number of aromatic nitrogens is 2. The first-order chi connectivity index (χ1) is 15.2. The molecular formula is C24H37IN6O. The van der Waals surface area contributed by atoms with Crippen LogP contribution in [0, 0.1) is 5.92 Å². The highest BCUT2D eigenvalue weighted by molar-refractivity contribution is 14.0. The van der Waals surface area contributed by atoms with E-state index in [1.807, 2.05) is 25.6 Å². The molecule has 8 heteroatoms. The van der Waals surface area contributed by atoms with Crippen molar-refractivity contribution in [2.75, 3.05) is 46.9 Å². The Morgan fingerprint density at radius 3 is 2.78 bits per heavy atom. The second kappa shape index (κ2) is 11.9. The van der Waals surface area contributed by atoms with Crippen molar-refractivity contribution in [1.29, 1.82) is 0 Å². The van der Waals surface area contributed by atoms with E-state index in [0.717, 1.165) is 50.9 Å². The molecule has 7 nitrogen and oxygen atoms in total. The molecule has 2 aliphatic heterocycles. The van der Waals surface area contributed by atoms with E-state index in [2.05, 4.69) is 61.0 Å². The molecule has 2 saturated heterocycles. The van der Waals surface area contributed by atoms with Crippen molar-refractivity contribution in [3.63, 3.8) is 0 Å². The molecule has 3 heterocycles. The Bertz CT molecular complexity index is 852. The summed E-state index contributed by atoms with van der Waals surface area (Å²) in [5, 5.41) is 3.70. The Kier molecular flexibility index (Phi) is 9.22. The maximum atomic E-state index is 5.49. The van der Waals surface area contributed by atoms with E-state index >= 15 is 0 Å². The average molecular weight is 553 g/mol. The third kappa shape index (κ3) is 5.75. The number of guanidine groups is 1. The first-order valence-corrected chi connectivity index (χ1v) is 11.5. The normalized spacial score (nSPS) is 23.0. The summed E-state index contributed by atoms with van der Waals surface area (Å²) in [6, 6.07) is 9.22. The summed E-state index contributed by atoms with van der Waals surface area (Å²) in [5.41, 5.74) is 1.30. The Balaban J connectivity index is 0.00000289. The molecule has 0 aliphatic carbocycles. The molecule has 1 aromatic carbocycles. The quantitative estimate of drug-likeness (QED) is 0.336. The molecule has 0 saturated carbocycles. The lowest BCUT2D eigenvalue weighted by atomic mass is 9.93. The number of nitrogens with one attached hydrogen (secondary N) is 1. The van der Waals surface area contributed by atoms with Crippen LogP contribution >= 0.6 is 24.0 Å². The van der Waals surface area contributed by atoms with Gasteiger partial charge in [-0.2, -0.15) is 0 Å². The lowest BCUT2D eigenvalue weighted by Crippen LogP contribution is -2.50. The van der Waals surface area contributed by atoms with Gasteiger partial charge in [0.15, 0.2) is 5.96 Å². The third-order valence-electron chi connectivity index (χ3n) is 6.85. The number of likely N-dealkylation sites (tertiary alicyclic amines) is 2. The number of nitrogens with zero attached hydrogens (tertiary/aromatic N) is 5. The summed E-state index contributed by atoms with van der Waals surface area (Å²) < 4.78 is 7.73. The SMILES string of the molecule is CN=C(NCC(c1cccc(OC)c1)N1CCCC1)N1CCC(C)C(n2ccnc2)C1.I. The number of hydrogen-bond acceptors (Lipinski definition) is 4. The van der Waals surface area contributed by atoms with Gasteiger partial charge < -0.3 is 19.5 Å². The van der Waals surface area contributed by atoms with E-state index in [1.165, 1.54) is 18.4 Å². The fraction of sp³-hybridized carbons (Fsp3) is 0.583. The number of aliphatic imine (C=N–C) groups is 1. The molecule has 3 atom stereocenters. The van der Waals surface area contributed by atoms with Crippen molar-refractivity contribution < 1.29 is 4.74 Å². The smallest absolute Gasteiger partial charge is 0.193 e. The van der Waals surface area contributed by atoms with Gasteiger partial charge in [0.25, 0.3) is 0 Å². The van der Waals surface area contributed by atoms with Gasteiger partial charge >= 0.3 is 0 Å². The molecular weight excluding hydrogens is 515 g/mol. The number of rotatable bonds is 6. The van der Waals surface area contributed by atoms with Gasteiger partial charge in [0.1, 0.15) is 5.75 Å². The zero-order chi connectivity index (χ0) is 21.6. The van der Waals surface area contributed by atoms with Crippen LogP contribution in [0.3, 0.4) is 0 Å². The van der Waals surface area contributed by atoms with Crippen molar-refractivity contribution in [3.8, 4) is 5.75 Å². The summed E-state index contributed by atoms with van der Waals surface area (Å²) in [4.78, 5) is 13.9. The minimum atomic E-state index is 0. The van der Waals surface area contributed by atoms with Gasteiger partial charge in [-0.15, -0.1) is 24.0 Å². The first-order valence-electron chi connectivity index (χ1n) is 11.5. The minimum Gasteiger partial charge on any atom is -0.497 e. The van der Waals surface area contributed by atoms with Crippen LogP contribution in [0.15, 0.2) is 48.0 Å². The molecule has 2 aliphatic rings. The van der Waals surface area contributed by atoms with Gasteiger partial charge in [-0.05, 0) is 56.0 Å². The highest BCUT2D eigenvalue weighted by Crippen LogP contribution is 2.29. The Labute approximate surface area is 209 Å². The predicted octanol–water partition coefficient (Wildman–Crippen LogP) is 3.81. The maximum Gasteiger partial charge on any atom is 0.193 e. The molecule has 0 radical (unpaired) electrons. The largest absolute Gasteiger partial charge is 0.497 e. The number of benzene rings is 1. The Morgan fingerprint density at radius 2 is 2.09 bits per heavy atom. The van der Waals surface area contributed by atoms with E-state index in [-0.39, 0.29) is 24.0 Å². The number of imidazole rings is 1. The predicted molar refractivity (Wildman–Crippen MR) is 140 cm³/mol. The van der Waals surface area contributed by atoms with Gasteiger partial charge in [-0.1, -0.05) is 19.1 Å². The lowest BCUT2D eigenvalue weighted by Gasteiger charge is -2.40. The third-order valence-corrected chi connectivity index (χ3v) is 6.85. The summed E-state index contributed by atoms with van der Waals surface area (Å²) in [5.74, 6) is 2.53. The zero-order valence-corrected chi connectivity index (χ0v) is 21.8. The molecule has 0 spiro atoms. The summed E-state index contributed by atoms with van der Waals surface area (Å²) in [7, 11) is 3.63. The molecule has 176 valence electrons. The van der Waals surface area contributed by atoms with Gasteiger partial charge in [0, 0.05) is 39.1 Å². The van der Waals surface area contributed by atoms with E-state index in [9.17, 15) is 0 Å². The summed E-state index contributed by atoms with van der Waals surface area (Å²) in [6.07, 6.45) is 9.57. The van der Waals surface area contributed by atoms with Crippen molar-refractivity contribution in [1.82, 2.24) is 24.7 Å². The second-order valence-electron chi connectivity index (χ2n) is 8.75. The number of hydrogen-bond donors (Lipinski definition) is 1. The molecule has 1 N–H and O–H groups in total. The van der Waals surface area contributed by atoms with E-state index in [4.69, 9.17) is 4.74 Å². The zero-order valence-electron chi connectivity index (χ0n) is 19.5. The molecule has 1 aromatic heterocycles. The van der Waals surface area contributed by atoms with Crippen LogP contribution in [0.2, 0.25) is 0 Å². The highest BCUT2D eigenvalue weighted by atomic mass is 127. The van der Waals surface area contributed by atoms with E-state index in [0.29, 0.717) is 18.0 Å². The molecule has 2 fully saturated rings.